The largest absolute Gasteiger partial charge is 0.456 e. The van der Waals surface area contributed by atoms with Gasteiger partial charge >= 0.3 is 0 Å². The molecule has 2 aliphatic rings. The Kier molecular flexibility index (Phi) is 2.67. The van der Waals surface area contributed by atoms with E-state index in [-0.39, 0.29) is 5.69 Å². The third-order valence-corrected chi connectivity index (χ3v) is 3.37. The smallest absolute Gasteiger partial charge is 0.273 e. The van der Waals surface area contributed by atoms with Gasteiger partial charge in [-0.15, -0.1) is 0 Å². The van der Waals surface area contributed by atoms with Gasteiger partial charge in [-0.25, -0.2) is 0 Å². The van der Waals surface area contributed by atoms with Crippen molar-refractivity contribution >= 4 is 18.0 Å². The summed E-state index contributed by atoms with van der Waals surface area (Å²) in [5, 5.41) is 10.8. The third kappa shape index (κ3) is 1.93. The summed E-state index contributed by atoms with van der Waals surface area (Å²) >= 11 is 0. The maximum atomic E-state index is 11.0. The third-order valence-electron chi connectivity index (χ3n) is 3.37. The Morgan fingerprint density at radius 1 is 1.32 bits per heavy atom. The zero-order valence-corrected chi connectivity index (χ0v) is 10.1. The first-order valence-electron chi connectivity index (χ1n) is 6.04. The number of nitro groups is 1. The van der Waals surface area contributed by atoms with Crippen LogP contribution in [0.5, 0.6) is 5.75 Å². The van der Waals surface area contributed by atoms with Crippen molar-refractivity contribution in [3.05, 3.63) is 50.8 Å². The molecule has 0 N–H and O–H groups in total. The van der Waals surface area contributed by atoms with Crippen molar-refractivity contribution in [2.24, 2.45) is 0 Å². The van der Waals surface area contributed by atoms with Crippen LogP contribution in [0.1, 0.15) is 24.8 Å². The summed E-state index contributed by atoms with van der Waals surface area (Å²) < 4.78 is 5.71. The minimum atomic E-state index is -0.460. The molecule has 0 spiro atoms. The van der Waals surface area contributed by atoms with Crippen molar-refractivity contribution in [1.29, 1.82) is 0 Å². The normalized spacial score (nSPS) is 16.9. The Hall–Kier alpha value is -2.43. The summed E-state index contributed by atoms with van der Waals surface area (Å²) in [6.07, 6.45) is 5.24. The average Bonchev–Trinajstić information content (AvgIpc) is 2.43. The standard InChI is InChI=1S/C14H11NO4/c16-8-11-3-1-2-10-6-9-4-5-12(15(17)18)7-13(9)19-14(10)11/h4-8H,1-3H2. The van der Waals surface area contributed by atoms with Crippen LogP contribution < -0.4 is 4.74 Å². The molecule has 0 unspecified atom stereocenters. The van der Waals surface area contributed by atoms with Crippen LogP contribution in [0.25, 0.3) is 6.08 Å². The van der Waals surface area contributed by atoms with Crippen LogP contribution in [-0.4, -0.2) is 11.2 Å². The van der Waals surface area contributed by atoms with E-state index in [1.54, 1.807) is 6.07 Å². The molecular formula is C14H11NO4. The van der Waals surface area contributed by atoms with Gasteiger partial charge < -0.3 is 4.74 Å². The zero-order chi connectivity index (χ0) is 13.4. The van der Waals surface area contributed by atoms with E-state index in [9.17, 15) is 14.9 Å². The lowest BCUT2D eigenvalue weighted by atomic mass is 9.91. The van der Waals surface area contributed by atoms with Crippen LogP contribution in [-0.2, 0) is 4.79 Å². The molecule has 96 valence electrons. The molecule has 5 heteroatoms. The molecule has 19 heavy (non-hydrogen) atoms. The highest BCUT2D eigenvalue weighted by Gasteiger charge is 2.25. The number of fused-ring (bicyclic) bond motifs is 2. The summed E-state index contributed by atoms with van der Waals surface area (Å²) in [6.45, 7) is 0. The predicted octanol–water partition coefficient (Wildman–Crippen LogP) is 3.01. The first-order valence-corrected chi connectivity index (χ1v) is 6.04. The van der Waals surface area contributed by atoms with Gasteiger partial charge in [-0.05, 0) is 37.0 Å². The second-order valence-corrected chi connectivity index (χ2v) is 4.58. The van der Waals surface area contributed by atoms with Crippen molar-refractivity contribution in [3.63, 3.8) is 0 Å². The van der Waals surface area contributed by atoms with Crippen LogP contribution in [0, 0.1) is 10.1 Å². The molecule has 0 saturated carbocycles. The Bertz CT molecular complexity index is 643. The highest BCUT2D eigenvalue weighted by molar-refractivity contribution is 5.80. The second kappa shape index (κ2) is 4.35. The highest BCUT2D eigenvalue weighted by Crippen LogP contribution is 2.39. The van der Waals surface area contributed by atoms with Crippen molar-refractivity contribution < 1.29 is 14.5 Å². The van der Waals surface area contributed by atoms with Gasteiger partial charge in [-0.1, -0.05) is 0 Å². The van der Waals surface area contributed by atoms with E-state index in [0.29, 0.717) is 23.5 Å². The number of aldehydes is 1. The minimum Gasteiger partial charge on any atom is -0.456 e. The van der Waals surface area contributed by atoms with Crippen molar-refractivity contribution in [2.45, 2.75) is 19.3 Å². The monoisotopic (exact) mass is 257 g/mol. The van der Waals surface area contributed by atoms with E-state index >= 15 is 0 Å². The molecule has 0 aromatic heterocycles. The summed E-state index contributed by atoms with van der Waals surface area (Å²) in [5.74, 6) is 1.02. The topological polar surface area (TPSA) is 69.4 Å². The number of allylic oxidation sites excluding steroid dienone is 2. The number of nitro benzene ring substituents is 1. The van der Waals surface area contributed by atoms with Gasteiger partial charge in [0, 0.05) is 17.2 Å². The first-order chi connectivity index (χ1) is 9.19. The van der Waals surface area contributed by atoms with Crippen molar-refractivity contribution in [3.8, 4) is 5.75 Å². The van der Waals surface area contributed by atoms with E-state index in [1.807, 2.05) is 6.08 Å². The molecule has 0 bridgehead atoms. The van der Waals surface area contributed by atoms with E-state index in [1.165, 1.54) is 12.1 Å². The van der Waals surface area contributed by atoms with E-state index in [4.69, 9.17) is 4.74 Å². The highest BCUT2D eigenvalue weighted by atomic mass is 16.6. The van der Waals surface area contributed by atoms with Gasteiger partial charge in [0.05, 0.1) is 11.0 Å². The molecule has 0 saturated heterocycles. The van der Waals surface area contributed by atoms with Crippen LogP contribution in [0.3, 0.4) is 0 Å². The Morgan fingerprint density at radius 3 is 2.89 bits per heavy atom. The van der Waals surface area contributed by atoms with Gasteiger partial charge in [0.25, 0.3) is 5.69 Å². The lowest BCUT2D eigenvalue weighted by Gasteiger charge is -2.25. The van der Waals surface area contributed by atoms with Gasteiger partial charge in [0.1, 0.15) is 17.8 Å². The first kappa shape index (κ1) is 11.6. The number of hydrogen-bond acceptors (Lipinski definition) is 4. The minimum absolute atomic E-state index is 0.0142. The van der Waals surface area contributed by atoms with Crippen LogP contribution >= 0.6 is 0 Å². The molecule has 1 heterocycles. The summed E-state index contributed by atoms with van der Waals surface area (Å²) in [5.41, 5.74) is 2.43. The summed E-state index contributed by atoms with van der Waals surface area (Å²) in [7, 11) is 0. The summed E-state index contributed by atoms with van der Waals surface area (Å²) in [6, 6.07) is 4.52. The van der Waals surface area contributed by atoms with E-state index in [0.717, 1.165) is 30.3 Å². The maximum absolute atomic E-state index is 11.0. The number of benzene rings is 1. The molecular weight excluding hydrogens is 246 g/mol. The van der Waals surface area contributed by atoms with Crippen molar-refractivity contribution in [1.82, 2.24) is 0 Å². The number of nitrogens with zero attached hydrogens (tertiary/aromatic N) is 1. The number of rotatable bonds is 2. The Morgan fingerprint density at radius 2 is 2.16 bits per heavy atom. The fourth-order valence-electron chi connectivity index (χ4n) is 2.43. The lowest BCUT2D eigenvalue weighted by molar-refractivity contribution is -0.384. The van der Waals surface area contributed by atoms with Crippen LogP contribution in [0.15, 0.2) is 35.1 Å². The quantitative estimate of drug-likeness (QED) is 0.464. The van der Waals surface area contributed by atoms with Gasteiger partial charge in [0.2, 0.25) is 0 Å². The van der Waals surface area contributed by atoms with E-state index in [2.05, 4.69) is 0 Å². The van der Waals surface area contributed by atoms with Crippen molar-refractivity contribution in [2.75, 3.05) is 0 Å². The molecule has 1 aliphatic carbocycles. The molecule has 0 amide bonds. The number of hydrogen-bond donors (Lipinski definition) is 0. The van der Waals surface area contributed by atoms with Crippen LogP contribution in [0.4, 0.5) is 5.69 Å². The lowest BCUT2D eigenvalue weighted by Crippen LogP contribution is -2.13. The van der Waals surface area contributed by atoms with Gasteiger partial charge in [-0.2, -0.15) is 0 Å². The Balaban J connectivity index is 2.11. The second-order valence-electron chi connectivity index (χ2n) is 4.58. The fraction of sp³-hybridized carbons (Fsp3) is 0.214. The SMILES string of the molecule is O=CC1=C2Oc3cc([N+](=O)[O-])ccc3C=C2CCC1. The van der Waals surface area contributed by atoms with Gasteiger partial charge in [-0.3, -0.25) is 14.9 Å². The number of ether oxygens (including phenoxy) is 1. The van der Waals surface area contributed by atoms with E-state index < -0.39 is 4.92 Å². The molecule has 3 rings (SSSR count). The maximum Gasteiger partial charge on any atom is 0.273 e. The average molecular weight is 257 g/mol. The van der Waals surface area contributed by atoms with Gasteiger partial charge in [0.15, 0.2) is 0 Å². The molecule has 1 aliphatic heterocycles. The fourth-order valence-corrected chi connectivity index (χ4v) is 2.43. The summed E-state index contributed by atoms with van der Waals surface area (Å²) in [4.78, 5) is 21.3. The molecule has 0 atom stereocenters. The molecule has 5 nitrogen and oxygen atoms in total. The molecule has 0 radical (unpaired) electrons. The molecule has 1 aromatic rings. The zero-order valence-electron chi connectivity index (χ0n) is 10.1. The number of carbonyl (C=O) groups is 1. The molecule has 1 aromatic carbocycles. The molecule has 0 fully saturated rings. The Labute approximate surface area is 109 Å². The van der Waals surface area contributed by atoms with Crippen LogP contribution in [0.2, 0.25) is 0 Å². The number of carbonyl (C=O) groups excluding carboxylic acids is 1. The number of non-ortho nitro benzene ring substituents is 1. The predicted molar refractivity (Wildman–Crippen MR) is 68.6 cm³/mol.